The zero-order chi connectivity index (χ0) is 40.9. The molecule has 292 valence electrons. The average Bonchev–Trinajstić information content (AvgIpc) is 3.54. The number of rotatable bonds is 7. The number of non-ortho nitro benzene ring substituents is 1. The van der Waals surface area contributed by atoms with Crippen molar-refractivity contribution in [2.45, 2.75) is 35.1 Å². The number of nitro groups is 1. The lowest BCUT2D eigenvalue weighted by Gasteiger charge is -2.50. The summed E-state index contributed by atoms with van der Waals surface area (Å²) in [7, 11) is 0. The molecular formula is C39H24Cl2F5N3O8. The number of imide groups is 2. The molecule has 6 atom stereocenters. The minimum Gasteiger partial charge on any atom is -0.508 e. The summed E-state index contributed by atoms with van der Waals surface area (Å²) in [4.78, 5) is 62.7. The lowest BCUT2D eigenvalue weighted by molar-refractivity contribution is -0.384. The van der Waals surface area contributed by atoms with Crippen LogP contribution in [-0.4, -0.2) is 43.4 Å². The van der Waals surface area contributed by atoms with Crippen LogP contribution in [0.15, 0.2) is 84.4 Å². The molecule has 0 bridgehead atoms. The normalized spacial score (nSPS) is 26.6. The van der Waals surface area contributed by atoms with Crippen molar-refractivity contribution in [1.82, 2.24) is 0 Å². The van der Waals surface area contributed by atoms with Crippen LogP contribution in [0, 0.1) is 57.0 Å². The smallest absolute Gasteiger partial charge is 0.271 e. The SMILES string of the molecule is O=C1C2CC=C3C(CC4(Cl)C(=O)N(c5c(F)c(F)c(F)c(F)c5F)C(=O)C4(Cl)C3c3ccc(OCc4ccccc4)cc3O)C2C(=O)N1c1cccc([N+](=O)[O-])c1. The highest BCUT2D eigenvalue weighted by Gasteiger charge is 2.77. The van der Waals surface area contributed by atoms with Gasteiger partial charge in [0.1, 0.15) is 23.8 Å². The van der Waals surface area contributed by atoms with Crippen LogP contribution in [0.4, 0.5) is 39.0 Å². The zero-order valence-corrected chi connectivity index (χ0v) is 30.2. The Kier molecular flexibility index (Phi) is 8.92. The number of carbonyl (C=O) groups is 4. The number of phenols is 1. The maximum atomic E-state index is 15.4. The third-order valence-electron chi connectivity index (χ3n) is 11.1. The van der Waals surface area contributed by atoms with Gasteiger partial charge in [-0.3, -0.25) is 29.3 Å². The first-order valence-electron chi connectivity index (χ1n) is 17.1. The van der Waals surface area contributed by atoms with Gasteiger partial charge in [0.25, 0.3) is 17.5 Å². The Morgan fingerprint density at radius 2 is 1.47 bits per heavy atom. The van der Waals surface area contributed by atoms with Gasteiger partial charge in [-0.05, 0) is 36.5 Å². The molecule has 11 nitrogen and oxygen atoms in total. The summed E-state index contributed by atoms with van der Waals surface area (Å²) < 4.78 is 79.7. The zero-order valence-electron chi connectivity index (χ0n) is 28.7. The lowest BCUT2D eigenvalue weighted by atomic mass is 9.56. The van der Waals surface area contributed by atoms with Gasteiger partial charge >= 0.3 is 0 Å². The third kappa shape index (κ3) is 5.36. The predicted octanol–water partition coefficient (Wildman–Crippen LogP) is 7.34. The molecule has 1 N–H and O–H groups in total. The van der Waals surface area contributed by atoms with Crippen LogP contribution < -0.4 is 14.5 Å². The molecule has 0 radical (unpaired) electrons. The predicted molar refractivity (Wildman–Crippen MR) is 191 cm³/mol. The number of aromatic hydroxyl groups is 1. The summed E-state index contributed by atoms with van der Waals surface area (Å²) in [6.07, 6.45) is 0.490. The molecule has 4 aliphatic rings. The van der Waals surface area contributed by atoms with E-state index in [1.54, 1.807) is 30.3 Å². The van der Waals surface area contributed by atoms with Crippen molar-refractivity contribution in [1.29, 1.82) is 0 Å². The van der Waals surface area contributed by atoms with Crippen LogP contribution in [0.25, 0.3) is 0 Å². The maximum Gasteiger partial charge on any atom is 0.271 e. The van der Waals surface area contributed by atoms with Gasteiger partial charge in [-0.1, -0.05) is 54.1 Å². The first-order chi connectivity index (χ1) is 27.0. The average molecular weight is 829 g/mol. The van der Waals surface area contributed by atoms with E-state index in [0.717, 1.165) is 28.7 Å². The molecule has 0 spiro atoms. The number of ether oxygens (including phenoxy) is 1. The summed E-state index contributed by atoms with van der Waals surface area (Å²) in [5.74, 6) is -23.6. The van der Waals surface area contributed by atoms with Crippen LogP contribution in [-0.2, 0) is 25.8 Å². The van der Waals surface area contributed by atoms with Crippen LogP contribution in [0.3, 0.4) is 0 Å². The van der Waals surface area contributed by atoms with E-state index in [2.05, 4.69) is 0 Å². The van der Waals surface area contributed by atoms with Crippen molar-refractivity contribution in [3.8, 4) is 11.5 Å². The maximum absolute atomic E-state index is 15.4. The summed E-state index contributed by atoms with van der Waals surface area (Å²) in [6, 6.07) is 17.4. The molecule has 6 unspecified atom stereocenters. The molecule has 4 aromatic rings. The van der Waals surface area contributed by atoms with E-state index in [-0.39, 0.29) is 40.5 Å². The second-order valence-electron chi connectivity index (χ2n) is 14.0. The molecule has 3 fully saturated rings. The Hall–Kier alpha value is -5.87. The minimum absolute atomic E-state index is 0.0602. The molecular weight excluding hydrogens is 804 g/mol. The van der Waals surface area contributed by atoms with E-state index in [0.29, 0.717) is 0 Å². The van der Waals surface area contributed by atoms with Crippen LogP contribution in [0.5, 0.6) is 11.5 Å². The quantitative estimate of drug-likeness (QED) is 0.0298. The first-order valence-corrected chi connectivity index (χ1v) is 17.9. The fraction of sp³-hybridized carbons (Fsp3) is 0.231. The van der Waals surface area contributed by atoms with E-state index in [1.807, 2.05) is 0 Å². The fourth-order valence-electron chi connectivity index (χ4n) is 8.51. The number of fused-ring (bicyclic) bond motifs is 4. The number of carbonyl (C=O) groups excluding carboxylic acids is 4. The Balaban J connectivity index is 1.28. The van der Waals surface area contributed by atoms with Gasteiger partial charge < -0.3 is 9.84 Å². The van der Waals surface area contributed by atoms with Gasteiger partial charge in [-0.25, -0.2) is 31.8 Å². The standard InChI is InChI=1S/C39H24Cl2F5N3O8/c40-38-15-24-21(11-12-23-26(24)35(52)47(34(23)51)18-7-4-8-19(13-18)49(55)56)27(22-10-9-20(14-25(22)50)57-16-17-5-2-1-3-6-17)39(38,41)37(54)48(36(38)53)33-31(45)29(43)28(42)30(44)32(33)46/h1-11,13-14,23-24,26-27,50H,12,15-16H2. The third-order valence-corrected chi connectivity index (χ3v) is 12.5. The molecule has 2 heterocycles. The van der Waals surface area contributed by atoms with Crippen LogP contribution >= 0.6 is 23.2 Å². The van der Waals surface area contributed by atoms with Gasteiger partial charge in [-0.15, -0.1) is 23.2 Å². The number of nitrogens with zero attached hydrogens (tertiary/aromatic N) is 3. The summed E-state index contributed by atoms with van der Waals surface area (Å²) in [6.45, 7) is 0.0602. The van der Waals surface area contributed by atoms with E-state index >= 15 is 8.78 Å². The number of amides is 4. The van der Waals surface area contributed by atoms with Gasteiger partial charge in [0.2, 0.25) is 17.6 Å². The number of hydrogen-bond acceptors (Lipinski definition) is 8. The highest BCUT2D eigenvalue weighted by molar-refractivity contribution is 6.58. The van der Waals surface area contributed by atoms with Crippen molar-refractivity contribution < 1.29 is 55.9 Å². The van der Waals surface area contributed by atoms with E-state index in [9.17, 15) is 47.6 Å². The number of halogens is 7. The fourth-order valence-corrected chi connectivity index (χ4v) is 9.44. The highest BCUT2D eigenvalue weighted by atomic mass is 35.5. The molecule has 18 heteroatoms. The van der Waals surface area contributed by atoms with Crippen molar-refractivity contribution in [3.63, 3.8) is 0 Å². The van der Waals surface area contributed by atoms with Gasteiger partial charge in [-0.2, -0.15) is 0 Å². The Morgan fingerprint density at radius 1 is 0.807 bits per heavy atom. The number of allylic oxidation sites excluding steroid dienone is 2. The van der Waals surface area contributed by atoms with E-state index in [4.69, 9.17) is 27.9 Å². The minimum atomic E-state index is -2.86. The Morgan fingerprint density at radius 3 is 2.12 bits per heavy atom. The second-order valence-corrected chi connectivity index (χ2v) is 15.2. The summed E-state index contributed by atoms with van der Waals surface area (Å²) in [5, 5.41) is 23.1. The Labute approximate surface area is 328 Å². The molecule has 2 saturated heterocycles. The van der Waals surface area contributed by atoms with Crippen LogP contribution in [0.1, 0.15) is 29.9 Å². The first kappa shape index (κ1) is 38.0. The van der Waals surface area contributed by atoms with Gasteiger partial charge in [0.15, 0.2) is 33.0 Å². The largest absolute Gasteiger partial charge is 0.508 e. The van der Waals surface area contributed by atoms with Crippen molar-refractivity contribution in [2.24, 2.45) is 17.8 Å². The van der Waals surface area contributed by atoms with Crippen molar-refractivity contribution in [3.05, 3.63) is 135 Å². The van der Waals surface area contributed by atoms with E-state index in [1.165, 1.54) is 30.3 Å². The number of nitro benzene ring substituents is 1. The number of alkyl halides is 2. The molecule has 57 heavy (non-hydrogen) atoms. The second kappa shape index (κ2) is 13.4. The van der Waals surface area contributed by atoms with Gasteiger partial charge in [0.05, 0.1) is 22.4 Å². The molecule has 4 aromatic carbocycles. The number of phenolic OH excluding ortho intramolecular Hbond substituents is 1. The van der Waals surface area contributed by atoms with Gasteiger partial charge in [0, 0.05) is 29.7 Å². The Bertz CT molecular complexity index is 2480. The summed E-state index contributed by atoms with van der Waals surface area (Å²) >= 11 is 14.3. The number of anilines is 2. The highest BCUT2D eigenvalue weighted by Crippen LogP contribution is 2.67. The molecule has 8 rings (SSSR count). The summed E-state index contributed by atoms with van der Waals surface area (Å²) in [5.41, 5.74) is -1.85. The van der Waals surface area contributed by atoms with E-state index < -0.39 is 115 Å². The number of hydrogen-bond donors (Lipinski definition) is 1. The molecule has 1 saturated carbocycles. The number of benzene rings is 4. The van der Waals surface area contributed by atoms with Crippen molar-refractivity contribution in [2.75, 3.05) is 9.80 Å². The molecule has 0 aromatic heterocycles. The van der Waals surface area contributed by atoms with Crippen LogP contribution in [0.2, 0.25) is 0 Å². The monoisotopic (exact) mass is 827 g/mol. The lowest BCUT2D eigenvalue weighted by Crippen LogP contribution is -2.60. The molecule has 4 amide bonds. The topological polar surface area (TPSA) is 147 Å². The van der Waals surface area contributed by atoms with Crippen molar-refractivity contribution >= 4 is 63.9 Å². The molecule has 2 aliphatic heterocycles. The molecule has 2 aliphatic carbocycles.